The molecule has 0 spiro atoms. The highest BCUT2D eigenvalue weighted by Crippen LogP contribution is 2.21. The standard InChI is InChI=1S/C17H19NO3/c1-12-4-3-5-15(16(12)19)17(20)18-11-10-13-6-8-14(21-2)9-7-13/h3-9,19H,10-11H2,1-2H3,(H,18,20). The molecule has 2 rings (SSSR count). The third-order valence-corrected chi connectivity index (χ3v) is 3.34. The van der Waals surface area contributed by atoms with Crippen LogP contribution in [0, 0.1) is 6.92 Å². The Bertz CT molecular complexity index is 620. The van der Waals surface area contributed by atoms with Crippen LogP contribution < -0.4 is 10.1 Å². The largest absolute Gasteiger partial charge is 0.507 e. The Hall–Kier alpha value is -2.49. The monoisotopic (exact) mass is 285 g/mol. The van der Waals surface area contributed by atoms with Crippen LogP contribution >= 0.6 is 0 Å². The van der Waals surface area contributed by atoms with Crippen LogP contribution in [0.15, 0.2) is 42.5 Å². The van der Waals surface area contributed by atoms with E-state index in [1.54, 1.807) is 32.2 Å². The van der Waals surface area contributed by atoms with Gasteiger partial charge in [-0.15, -0.1) is 0 Å². The second-order valence-corrected chi connectivity index (χ2v) is 4.83. The Balaban J connectivity index is 1.90. The third-order valence-electron chi connectivity index (χ3n) is 3.34. The van der Waals surface area contributed by atoms with Crippen LogP contribution in [0.25, 0.3) is 0 Å². The summed E-state index contributed by atoms with van der Waals surface area (Å²) in [4.78, 5) is 12.0. The van der Waals surface area contributed by atoms with Gasteiger partial charge in [0.2, 0.25) is 0 Å². The molecule has 0 aliphatic rings. The fraction of sp³-hybridized carbons (Fsp3) is 0.235. The number of rotatable bonds is 5. The van der Waals surface area contributed by atoms with Crippen LogP contribution in [-0.4, -0.2) is 24.7 Å². The first-order chi connectivity index (χ1) is 10.1. The highest BCUT2D eigenvalue weighted by Gasteiger charge is 2.11. The summed E-state index contributed by atoms with van der Waals surface area (Å²) in [5.74, 6) is 0.594. The fourth-order valence-corrected chi connectivity index (χ4v) is 2.05. The van der Waals surface area contributed by atoms with Gasteiger partial charge in [0, 0.05) is 6.54 Å². The molecule has 0 bridgehead atoms. The van der Waals surface area contributed by atoms with E-state index in [0.717, 1.165) is 17.7 Å². The first-order valence-electron chi connectivity index (χ1n) is 6.81. The number of aryl methyl sites for hydroxylation is 1. The van der Waals surface area contributed by atoms with E-state index in [1.807, 2.05) is 24.3 Å². The van der Waals surface area contributed by atoms with Crippen LogP contribution in [0.2, 0.25) is 0 Å². The number of carbonyl (C=O) groups is 1. The lowest BCUT2D eigenvalue weighted by molar-refractivity contribution is 0.0951. The number of carbonyl (C=O) groups excluding carboxylic acids is 1. The van der Waals surface area contributed by atoms with E-state index >= 15 is 0 Å². The lowest BCUT2D eigenvalue weighted by Crippen LogP contribution is -2.25. The predicted octanol–water partition coefficient (Wildman–Crippen LogP) is 2.68. The molecule has 0 radical (unpaired) electrons. The van der Waals surface area contributed by atoms with Crippen LogP contribution in [-0.2, 0) is 6.42 Å². The molecule has 2 aromatic rings. The minimum atomic E-state index is -0.260. The van der Waals surface area contributed by atoms with Gasteiger partial charge < -0.3 is 15.2 Å². The molecule has 0 aliphatic carbocycles. The predicted molar refractivity (Wildman–Crippen MR) is 81.9 cm³/mol. The van der Waals surface area contributed by atoms with Crippen LogP contribution in [0.1, 0.15) is 21.5 Å². The maximum absolute atomic E-state index is 12.0. The SMILES string of the molecule is COc1ccc(CCNC(=O)c2cccc(C)c2O)cc1. The van der Waals surface area contributed by atoms with Crippen molar-refractivity contribution < 1.29 is 14.6 Å². The number of phenols is 1. The van der Waals surface area contributed by atoms with Crippen LogP contribution in [0.3, 0.4) is 0 Å². The molecule has 0 atom stereocenters. The van der Waals surface area contributed by atoms with E-state index in [1.165, 1.54) is 0 Å². The normalized spacial score (nSPS) is 10.2. The van der Waals surface area contributed by atoms with Crippen molar-refractivity contribution in [2.24, 2.45) is 0 Å². The Morgan fingerprint density at radius 2 is 1.90 bits per heavy atom. The molecular formula is C17H19NO3. The van der Waals surface area contributed by atoms with E-state index in [0.29, 0.717) is 17.7 Å². The summed E-state index contributed by atoms with van der Waals surface area (Å²) >= 11 is 0. The summed E-state index contributed by atoms with van der Waals surface area (Å²) in [5.41, 5.74) is 2.12. The number of amides is 1. The van der Waals surface area contributed by atoms with Gasteiger partial charge in [0.25, 0.3) is 5.91 Å². The topological polar surface area (TPSA) is 58.6 Å². The number of hydrogen-bond donors (Lipinski definition) is 2. The maximum atomic E-state index is 12.0. The average molecular weight is 285 g/mol. The zero-order chi connectivity index (χ0) is 15.2. The van der Waals surface area contributed by atoms with Gasteiger partial charge in [0.15, 0.2) is 0 Å². The molecule has 4 nitrogen and oxygen atoms in total. The van der Waals surface area contributed by atoms with Crippen molar-refractivity contribution in [2.75, 3.05) is 13.7 Å². The minimum Gasteiger partial charge on any atom is -0.507 e. The van der Waals surface area contributed by atoms with Gasteiger partial charge in [0.1, 0.15) is 11.5 Å². The molecular weight excluding hydrogens is 266 g/mol. The number of benzene rings is 2. The van der Waals surface area contributed by atoms with E-state index < -0.39 is 0 Å². The quantitative estimate of drug-likeness (QED) is 0.888. The molecule has 2 N–H and O–H groups in total. The Morgan fingerprint density at radius 3 is 2.57 bits per heavy atom. The van der Waals surface area contributed by atoms with E-state index in [9.17, 15) is 9.90 Å². The highest BCUT2D eigenvalue weighted by atomic mass is 16.5. The van der Waals surface area contributed by atoms with E-state index in [4.69, 9.17) is 4.74 Å². The molecule has 4 heteroatoms. The van der Waals surface area contributed by atoms with Crippen molar-refractivity contribution in [2.45, 2.75) is 13.3 Å². The van der Waals surface area contributed by atoms with E-state index in [-0.39, 0.29) is 11.7 Å². The molecule has 0 saturated heterocycles. The summed E-state index contributed by atoms with van der Waals surface area (Å²) in [6.45, 7) is 2.28. The number of ether oxygens (including phenoxy) is 1. The number of hydrogen-bond acceptors (Lipinski definition) is 3. The van der Waals surface area contributed by atoms with Crippen molar-refractivity contribution in [1.29, 1.82) is 0 Å². The van der Waals surface area contributed by atoms with Crippen molar-refractivity contribution in [3.63, 3.8) is 0 Å². The van der Waals surface area contributed by atoms with Crippen LogP contribution in [0.4, 0.5) is 0 Å². The first-order valence-corrected chi connectivity index (χ1v) is 6.81. The molecule has 0 heterocycles. The summed E-state index contributed by atoms with van der Waals surface area (Å²) in [7, 11) is 1.63. The maximum Gasteiger partial charge on any atom is 0.255 e. The van der Waals surface area contributed by atoms with Crippen molar-refractivity contribution >= 4 is 5.91 Å². The molecule has 0 aromatic heterocycles. The van der Waals surface area contributed by atoms with Crippen LogP contribution in [0.5, 0.6) is 11.5 Å². The average Bonchev–Trinajstić information content (AvgIpc) is 2.50. The van der Waals surface area contributed by atoms with Gasteiger partial charge in [-0.25, -0.2) is 0 Å². The molecule has 2 aromatic carbocycles. The van der Waals surface area contributed by atoms with Gasteiger partial charge in [-0.1, -0.05) is 24.3 Å². The van der Waals surface area contributed by atoms with E-state index in [2.05, 4.69) is 5.32 Å². The third kappa shape index (κ3) is 3.75. The Morgan fingerprint density at radius 1 is 1.19 bits per heavy atom. The van der Waals surface area contributed by atoms with Crippen molar-refractivity contribution in [3.8, 4) is 11.5 Å². The second kappa shape index (κ2) is 6.79. The Labute approximate surface area is 124 Å². The number of methoxy groups -OCH3 is 1. The van der Waals surface area contributed by atoms with Crippen molar-refractivity contribution in [3.05, 3.63) is 59.2 Å². The molecule has 21 heavy (non-hydrogen) atoms. The molecule has 0 saturated carbocycles. The summed E-state index contributed by atoms with van der Waals surface area (Å²) < 4.78 is 5.10. The van der Waals surface area contributed by atoms with Gasteiger partial charge in [-0.3, -0.25) is 4.79 Å². The van der Waals surface area contributed by atoms with Gasteiger partial charge >= 0.3 is 0 Å². The highest BCUT2D eigenvalue weighted by molar-refractivity contribution is 5.97. The first kappa shape index (κ1) is 14.9. The number of nitrogens with one attached hydrogen (secondary N) is 1. The Kier molecular flexibility index (Phi) is 4.82. The van der Waals surface area contributed by atoms with Crippen molar-refractivity contribution in [1.82, 2.24) is 5.32 Å². The molecule has 0 fully saturated rings. The summed E-state index contributed by atoms with van der Waals surface area (Å²) in [6, 6.07) is 12.9. The second-order valence-electron chi connectivity index (χ2n) is 4.83. The van der Waals surface area contributed by atoms with Gasteiger partial charge in [-0.2, -0.15) is 0 Å². The number of aromatic hydroxyl groups is 1. The molecule has 1 amide bonds. The number of para-hydroxylation sites is 1. The molecule has 110 valence electrons. The van der Waals surface area contributed by atoms with Gasteiger partial charge in [-0.05, 0) is 42.7 Å². The lowest BCUT2D eigenvalue weighted by atomic mass is 10.1. The fourth-order valence-electron chi connectivity index (χ4n) is 2.05. The smallest absolute Gasteiger partial charge is 0.255 e. The minimum absolute atomic E-state index is 0.0412. The zero-order valence-electron chi connectivity index (χ0n) is 12.2. The lowest BCUT2D eigenvalue weighted by Gasteiger charge is -2.08. The molecule has 0 aliphatic heterocycles. The summed E-state index contributed by atoms with van der Waals surface area (Å²) in [6.07, 6.45) is 0.725. The number of phenolic OH excluding ortho intramolecular Hbond substituents is 1. The van der Waals surface area contributed by atoms with Gasteiger partial charge in [0.05, 0.1) is 12.7 Å². The molecule has 0 unspecified atom stereocenters. The zero-order valence-corrected chi connectivity index (χ0v) is 12.2. The summed E-state index contributed by atoms with van der Waals surface area (Å²) in [5, 5.41) is 12.7.